The fourth-order valence-electron chi connectivity index (χ4n) is 0.811. The summed E-state index contributed by atoms with van der Waals surface area (Å²) in [5.41, 5.74) is 0.464. The number of azo groups is 1. The van der Waals surface area contributed by atoms with Crippen molar-refractivity contribution < 1.29 is 4.79 Å². The number of amidine groups is 1. The molecule has 2 aliphatic rings. The van der Waals surface area contributed by atoms with E-state index in [0.29, 0.717) is 18.1 Å². The molecule has 0 saturated carbocycles. The molecule has 50 valence electrons. The first kappa shape index (κ1) is 5.28. The number of rotatable bonds is 0. The number of hydrogen-bond acceptors (Lipinski definition) is 4. The summed E-state index contributed by atoms with van der Waals surface area (Å²) in [6, 6.07) is 0. The second-order valence-electron chi connectivity index (χ2n) is 1.90. The van der Waals surface area contributed by atoms with Crippen LogP contribution in [0.4, 0.5) is 0 Å². The van der Waals surface area contributed by atoms with Crippen molar-refractivity contribution in [2.45, 2.75) is 0 Å². The predicted octanol–water partition coefficient (Wildman–Crippen LogP) is -0.178. The Morgan fingerprint density at radius 1 is 1.60 bits per heavy atom. The highest BCUT2D eigenvalue weighted by molar-refractivity contribution is 6.22. The van der Waals surface area contributed by atoms with Crippen LogP contribution in [-0.4, -0.2) is 18.4 Å². The Morgan fingerprint density at radius 3 is 3.30 bits per heavy atom. The third kappa shape index (κ3) is 0.570. The lowest BCUT2D eigenvalue weighted by molar-refractivity contribution is -0.117. The molecule has 2 rings (SSSR count). The van der Waals surface area contributed by atoms with Gasteiger partial charge in [-0.3, -0.25) is 4.79 Å². The normalized spacial score (nSPS) is 21.4. The molecule has 0 aliphatic carbocycles. The minimum Gasteiger partial charge on any atom is -0.333 e. The minimum atomic E-state index is -0.144. The number of hydrogen-bond donors (Lipinski definition) is 1. The van der Waals surface area contributed by atoms with Crippen LogP contribution >= 0.6 is 0 Å². The SMILES string of the molecule is O=C1NCN=C2N=NC=C12. The van der Waals surface area contributed by atoms with E-state index in [1.807, 2.05) is 0 Å². The van der Waals surface area contributed by atoms with Crippen molar-refractivity contribution >= 4 is 11.7 Å². The molecule has 0 saturated heterocycles. The van der Waals surface area contributed by atoms with Crippen molar-refractivity contribution in [3.05, 3.63) is 11.8 Å². The molecule has 2 aliphatic heterocycles. The van der Waals surface area contributed by atoms with Crippen molar-refractivity contribution in [1.82, 2.24) is 5.32 Å². The molecule has 1 amide bonds. The van der Waals surface area contributed by atoms with Crippen LogP contribution in [0.15, 0.2) is 27.0 Å². The van der Waals surface area contributed by atoms with E-state index in [-0.39, 0.29) is 5.91 Å². The average molecular weight is 136 g/mol. The van der Waals surface area contributed by atoms with E-state index >= 15 is 0 Å². The maximum Gasteiger partial charge on any atom is 0.258 e. The van der Waals surface area contributed by atoms with Crippen molar-refractivity contribution in [2.24, 2.45) is 15.2 Å². The number of carbonyl (C=O) groups excluding carboxylic acids is 1. The highest BCUT2D eigenvalue weighted by Gasteiger charge is 2.22. The first-order chi connectivity index (χ1) is 4.88. The summed E-state index contributed by atoms with van der Waals surface area (Å²) in [5.74, 6) is 0.304. The van der Waals surface area contributed by atoms with Gasteiger partial charge in [0, 0.05) is 0 Å². The molecule has 1 N–H and O–H groups in total. The first-order valence-electron chi connectivity index (χ1n) is 2.82. The van der Waals surface area contributed by atoms with Gasteiger partial charge in [0.05, 0.1) is 6.20 Å². The maximum absolute atomic E-state index is 10.9. The van der Waals surface area contributed by atoms with Crippen molar-refractivity contribution in [3.63, 3.8) is 0 Å². The standard InChI is InChI=1S/C5H4N4O/c10-5-3-1-8-9-4(3)6-2-7-5/h1H,2H2,(H,7,10). The number of amides is 1. The van der Waals surface area contributed by atoms with Crippen LogP contribution < -0.4 is 5.32 Å². The minimum absolute atomic E-state index is 0.144. The zero-order valence-electron chi connectivity index (χ0n) is 5.03. The lowest BCUT2D eigenvalue weighted by atomic mass is 10.2. The van der Waals surface area contributed by atoms with Crippen LogP contribution in [0.3, 0.4) is 0 Å². The summed E-state index contributed by atoms with van der Waals surface area (Å²) in [5, 5.41) is 9.72. The van der Waals surface area contributed by atoms with Gasteiger partial charge in [-0.15, -0.1) is 5.11 Å². The molecule has 0 unspecified atom stereocenters. The Labute approximate surface area is 56.6 Å². The summed E-state index contributed by atoms with van der Waals surface area (Å²) >= 11 is 0. The highest BCUT2D eigenvalue weighted by atomic mass is 16.2. The topological polar surface area (TPSA) is 66.2 Å². The van der Waals surface area contributed by atoms with Gasteiger partial charge in [0.2, 0.25) is 0 Å². The van der Waals surface area contributed by atoms with E-state index in [9.17, 15) is 4.79 Å². The largest absolute Gasteiger partial charge is 0.333 e. The van der Waals surface area contributed by atoms with Crippen LogP contribution in [0, 0.1) is 0 Å². The van der Waals surface area contributed by atoms with E-state index in [2.05, 4.69) is 20.5 Å². The van der Waals surface area contributed by atoms with E-state index in [1.54, 1.807) is 0 Å². The molecule has 0 aromatic heterocycles. The number of fused-ring (bicyclic) bond motifs is 1. The highest BCUT2D eigenvalue weighted by Crippen LogP contribution is 2.11. The summed E-state index contributed by atoms with van der Waals surface area (Å²) in [6.45, 7) is 0.310. The van der Waals surface area contributed by atoms with Gasteiger partial charge in [0.1, 0.15) is 12.2 Å². The Hall–Kier alpha value is -1.52. The van der Waals surface area contributed by atoms with Crippen LogP contribution in [0.25, 0.3) is 0 Å². The fourth-order valence-corrected chi connectivity index (χ4v) is 0.811. The van der Waals surface area contributed by atoms with Gasteiger partial charge in [-0.25, -0.2) is 4.99 Å². The van der Waals surface area contributed by atoms with Crippen LogP contribution in [-0.2, 0) is 4.79 Å². The molecule has 0 bridgehead atoms. The van der Waals surface area contributed by atoms with Crippen LogP contribution in [0.1, 0.15) is 0 Å². The molecule has 10 heavy (non-hydrogen) atoms. The maximum atomic E-state index is 10.9. The van der Waals surface area contributed by atoms with Gasteiger partial charge >= 0.3 is 0 Å². The Kier molecular flexibility index (Phi) is 0.913. The summed E-state index contributed by atoms with van der Waals surface area (Å²) in [6.07, 6.45) is 1.41. The zero-order chi connectivity index (χ0) is 6.97. The van der Waals surface area contributed by atoms with Crippen molar-refractivity contribution in [3.8, 4) is 0 Å². The summed E-state index contributed by atoms with van der Waals surface area (Å²) < 4.78 is 0. The third-order valence-electron chi connectivity index (χ3n) is 1.29. The summed E-state index contributed by atoms with van der Waals surface area (Å²) in [7, 11) is 0. The van der Waals surface area contributed by atoms with E-state index in [1.165, 1.54) is 6.20 Å². The molecule has 0 atom stereocenters. The number of nitrogens with one attached hydrogen (secondary N) is 1. The summed E-state index contributed by atoms with van der Waals surface area (Å²) in [4.78, 5) is 14.8. The van der Waals surface area contributed by atoms with E-state index in [0.717, 1.165) is 0 Å². The number of nitrogens with zero attached hydrogens (tertiary/aromatic N) is 3. The number of carbonyl (C=O) groups is 1. The van der Waals surface area contributed by atoms with Gasteiger partial charge in [0.15, 0.2) is 5.84 Å². The van der Waals surface area contributed by atoms with Gasteiger partial charge in [-0.2, -0.15) is 5.11 Å². The molecule has 0 aromatic carbocycles. The lowest BCUT2D eigenvalue weighted by Crippen LogP contribution is -2.32. The Morgan fingerprint density at radius 2 is 2.50 bits per heavy atom. The van der Waals surface area contributed by atoms with Gasteiger partial charge in [0.25, 0.3) is 5.91 Å². The second kappa shape index (κ2) is 1.73. The van der Waals surface area contributed by atoms with Crippen LogP contribution in [0.5, 0.6) is 0 Å². The van der Waals surface area contributed by atoms with Crippen molar-refractivity contribution in [2.75, 3.05) is 6.67 Å². The van der Waals surface area contributed by atoms with Crippen molar-refractivity contribution in [1.29, 1.82) is 0 Å². The molecule has 0 fully saturated rings. The monoisotopic (exact) mass is 136 g/mol. The molecule has 5 nitrogen and oxygen atoms in total. The Balaban J connectivity index is 2.46. The van der Waals surface area contributed by atoms with Gasteiger partial charge < -0.3 is 5.32 Å². The second-order valence-corrected chi connectivity index (χ2v) is 1.90. The van der Waals surface area contributed by atoms with Gasteiger partial charge in [-0.1, -0.05) is 0 Å². The lowest BCUT2D eigenvalue weighted by Gasteiger charge is -2.07. The first-order valence-corrected chi connectivity index (χ1v) is 2.82. The molecule has 0 spiro atoms. The third-order valence-corrected chi connectivity index (χ3v) is 1.29. The van der Waals surface area contributed by atoms with Gasteiger partial charge in [-0.05, 0) is 0 Å². The molecular weight excluding hydrogens is 132 g/mol. The molecule has 2 heterocycles. The average Bonchev–Trinajstić information content (AvgIpc) is 2.36. The zero-order valence-corrected chi connectivity index (χ0v) is 5.03. The van der Waals surface area contributed by atoms with E-state index in [4.69, 9.17) is 0 Å². The smallest absolute Gasteiger partial charge is 0.258 e. The van der Waals surface area contributed by atoms with E-state index < -0.39 is 0 Å². The molecule has 5 heteroatoms. The molecular formula is C5H4N4O. The van der Waals surface area contributed by atoms with Crippen LogP contribution in [0.2, 0.25) is 0 Å². The number of aliphatic imine (C=N–C) groups is 1. The quantitative estimate of drug-likeness (QED) is 0.493. The molecule has 0 aromatic rings. The fraction of sp³-hybridized carbons (Fsp3) is 0.200. The molecule has 0 radical (unpaired) electrons. The predicted molar refractivity (Wildman–Crippen MR) is 33.4 cm³/mol. The Bertz CT molecular complexity index is 275.